The number of carbonyl (C=O) groups is 1. The molecule has 5 nitrogen and oxygen atoms in total. The molecule has 0 bridgehead atoms. The van der Waals surface area contributed by atoms with E-state index in [-0.39, 0.29) is 17.9 Å². The number of hydrogen-bond acceptors (Lipinski definition) is 5. The molecule has 1 amide bonds. The van der Waals surface area contributed by atoms with Gasteiger partial charge in [-0.25, -0.2) is 4.98 Å². The third kappa shape index (κ3) is 4.80. The number of carbonyl (C=O) groups excluding carboxylic acids is 1. The van der Waals surface area contributed by atoms with Gasteiger partial charge in [0.1, 0.15) is 6.61 Å². The number of halogens is 3. The van der Waals surface area contributed by atoms with E-state index >= 15 is 0 Å². The maximum Gasteiger partial charge on any atom is 0.416 e. The zero-order chi connectivity index (χ0) is 20.1. The average molecular weight is 408 g/mol. The first-order valence-corrected chi connectivity index (χ1v) is 8.97. The largest absolute Gasteiger partial charge is 0.493 e. The van der Waals surface area contributed by atoms with Crippen LogP contribution in [-0.4, -0.2) is 18.0 Å². The molecule has 0 aliphatic rings. The number of amides is 1. The highest BCUT2D eigenvalue weighted by Gasteiger charge is 2.30. The van der Waals surface area contributed by atoms with Crippen LogP contribution in [0.5, 0.6) is 11.5 Å². The van der Waals surface area contributed by atoms with E-state index in [4.69, 9.17) is 9.47 Å². The third-order valence-electron chi connectivity index (χ3n) is 3.75. The minimum absolute atomic E-state index is 0.251. The van der Waals surface area contributed by atoms with E-state index in [1.807, 2.05) is 5.38 Å². The SMILES string of the molecule is COc1cc(C(=O)Nc2ccc(C(F)(F)F)cc2)ccc1OCc1cscn1. The van der Waals surface area contributed by atoms with Gasteiger partial charge in [-0.15, -0.1) is 11.3 Å². The Balaban J connectivity index is 1.69. The van der Waals surface area contributed by atoms with Gasteiger partial charge in [0.25, 0.3) is 5.91 Å². The van der Waals surface area contributed by atoms with E-state index < -0.39 is 17.6 Å². The van der Waals surface area contributed by atoms with Crippen molar-refractivity contribution in [3.63, 3.8) is 0 Å². The lowest BCUT2D eigenvalue weighted by Crippen LogP contribution is -2.12. The summed E-state index contributed by atoms with van der Waals surface area (Å²) in [7, 11) is 1.45. The fourth-order valence-corrected chi connectivity index (χ4v) is 2.88. The molecule has 1 N–H and O–H groups in total. The zero-order valence-electron chi connectivity index (χ0n) is 14.6. The van der Waals surface area contributed by atoms with Gasteiger partial charge in [-0.1, -0.05) is 0 Å². The third-order valence-corrected chi connectivity index (χ3v) is 4.39. The van der Waals surface area contributed by atoms with Crippen molar-refractivity contribution in [1.82, 2.24) is 4.98 Å². The Kier molecular flexibility index (Phi) is 5.84. The molecule has 3 rings (SSSR count). The van der Waals surface area contributed by atoms with Crippen molar-refractivity contribution in [3.8, 4) is 11.5 Å². The number of ether oxygens (including phenoxy) is 2. The Morgan fingerprint density at radius 2 is 1.89 bits per heavy atom. The number of nitrogens with zero attached hydrogens (tertiary/aromatic N) is 1. The minimum atomic E-state index is -4.43. The molecular weight excluding hydrogens is 393 g/mol. The van der Waals surface area contributed by atoms with Crippen LogP contribution in [0.15, 0.2) is 53.4 Å². The fourth-order valence-electron chi connectivity index (χ4n) is 2.33. The van der Waals surface area contributed by atoms with Crippen LogP contribution < -0.4 is 14.8 Å². The van der Waals surface area contributed by atoms with Crippen molar-refractivity contribution in [1.29, 1.82) is 0 Å². The second kappa shape index (κ2) is 8.30. The Bertz CT molecular complexity index is 942. The maximum absolute atomic E-state index is 12.6. The van der Waals surface area contributed by atoms with E-state index in [0.717, 1.165) is 17.8 Å². The highest BCUT2D eigenvalue weighted by Crippen LogP contribution is 2.31. The highest BCUT2D eigenvalue weighted by atomic mass is 32.1. The molecule has 28 heavy (non-hydrogen) atoms. The molecule has 3 aromatic rings. The standard InChI is InChI=1S/C19H15F3N2O3S/c1-26-17-8-12(2-7-16(17)27-9-15-10-28-11-23-15)18(25)24-14-5-3-13(4-6-14)19(20,21)22/h2-8,10-11H,9H2,1H3,(H,24,25). The van der Waals surface area contributed by atoms with Gasteiger partial charge in [0.2, 0.25) is 0 Å². The van der Waals surface area contributed by atoms with E-state index in [1.54, 1.807) is 11.6 Å². The second-order valence-electron chi connectivity index (χ2n) is 5.66. The lowest BCUT2D eigenvalue weighted by atomic mass is 10.1. The number of rotatable bonds is 6. The normalized spacial score (nSPS) is 11.1. The van der Waals surface area contributed by atoms with Crippen molar-refractivity contribution < 1.29 is 27.4 Å². The molecule has 0 saturated carbocycles. The lowest BCUT2D eigenvalue weighted by Gasteiger charge is -2.12. The summed E-state index contributed by atoms with van der Waals surface area (Å²) in [6.45, 7) is 0.261. The van der Waals surface area contributed by atoms with Crippen LogP contribution in [0.4, 0.5) is 18.9 Å². The number of alkyl halides is 3. The molecule has 1 aromatic heterocycles. The average Bonchev–Trinajstić information content (AvgIpc) is 3.19. The fraction of sp³-hybridized carbons (Fsp3) is 0.158. The number of methoxy groups -OCH3 is 1. The Hall–Kier alpha value is -3.07. The van der Waals surface area contributed by atoms with Gasteiger partial charge < -0.3 is 14.8 Å². The van der Waals surface area contributed by atoms with Crippen molar-refractivity contribution in [2.45, 2.75) is 12.8 Å². The van der Waals surface area contributed by atoms with Gasteiger partial charge in [0, 0.05) is 16.6 Å². The van der Waals surface area contributed by atoms with E-state index in [9.17, 15) is 18.0 Å². The molecule has 0 atom stereocenters. The topological polar surface area (TPSA) is 60.5 Å². The molecule has 0 fully saturated rings. The van der Waals surface area contributed by atoms with Crippen LogP contribution in [0.3, 0.4) is 0 Å². The van der Waals surface area contributed by atoms with Gasteiger partial charge in [-0.05, 0) is 42.5 Å². The van der Waals surface area contributed by atoms with Crippen LogP contribution in [0.1, 0.15) is 21.6 Å². The zero-order valence-corrected chi connectivity index (χ0v) is 15.4. The number of aromatic nitrogens is 1. The van der Waals surface area contributed by atoms with Gasteiger partial charge in [0.15, 0.2) is 11.5 Å². The smallest absolute Gasteiger partial charge is 0.416 e. The van der Waals surface area contributed by atoms with Gasteiger partial charge in [0.05, 0.1) is 23.9 Å². The maximum atomic E-state index is 12.6. The molecule has 2 aromatic carbocycles. The number of thiazole rings is 1. The molecule has 0 aliphatic carbocycles. The molecule has 0 radical (unpaired) electrons. The van der Waals surface area contributed by atoms with E-state index in [2.05, 4.69) is 10.3 Å². The van der Waals surface area contributed by atoms with Crippen LogP contribution in [0.25, 0.3) is 0 Å². The molecule has 0 saturated heterocycles. The summed E-state index contributed by atoms with van der Waals surface area (Å²) >= 11 is 1.46. The Morgan fingerprint density at radius 1 is 1.14 bits per heavy atom. The van der Waals surface area contributed by atoms with Crippen LogP contribution in [0.2, 0.25) is 0 Å². The van der Waals surface area contributed by atoms with Crippen molar-refractivity contribution in [2.75, 3.05) is 12.4 Å². The second-order valence-corrected chi connectivity index (χ2v) is 6.38. The Labute approximate surface area is 162 Å². The van der Waals surface area contributed by atoms with Crippen LogP contribution in [0, 0.1) is 0 Å². The van der Waals surface area contributed by atoms with Crippen molar-refractivity contribution in [2.24, 2.45) is 0 Å². The molecule has 9 heteroatoms. The number of anilines is 1. The quantitative estimate of drug-likeness (QED) is 0.624. The van der Waals surface area contributed by atoms with Crippen molar-refractivity contribution >= 4 is 22.9 Å². The minimum Gasteiger partial charge on any atom is -0.493 e. The summed E-state index contributed by atoms with van der Waals surface area (Å²) in [6.07, 6.45) is -4.43. The van der Waals surface area contributed by atoms with Crippen LogP contribution in [-0.2, 0) is 12.8 Å². The Morgan fingerprint density at radius 3 is 2.50 bits per heavy atom. The number of hydrogen-bond donors (Lipinski definition) is 1. The van der Waals surface area contributed by atoms with Gasteiger partial charge in [-0.3, -0.25) is 4.79 Å². The molecule has 0 unspecified atom stereocenters. The van der Waals surface area contributed by atoms with Crippen LogP contribution >= 0.6 is 11.3 Å². The molecule has 146 valence electrons. The predicted molar refractivity (Wildman–Crippen MR) is 98.8 cm³/mol. The first-order valence-electron chi connectivity index (χ1n) is 8.03. The molecule has 0 aliphatic heterocycles. The summed E-state index contributed by atoms with van der Waals surface area (Å²) < 4.78 is 48.7. The number of nitrogens with one attached hydrogen (secondary N) is 1. The van der Waals surface area contributed by atoms with Crippen molar-refractivity contribution in [3.05, 3.63) is 70.2 Å². The number of benzene rings is 2. The molecular formula is C19H15F3N2O3S. The molecule has 1 heterocycles. The summed E-state index contributed by atoms with van der Waals surface area (Å²) in [4.78, 5) is 16.5. The molecule has 0 spiro atoms. The summed E-state index contributed by atoms with van der Waals surface area (Å²) in [5.41, 5.74) is 2.22. The van der Waals surface area contributed by atoms with E-state index in [0.29, 0.717) is 11.5 Å². The predicted octanol–water partition coefficient (Wildman–Crippen LogP) is 5.00. The summed E-state index contributed by atoms with van der Waals surface area (Å²) in [6, 6.07) is 8.84. The lowest BCUT2D eigenvalue weighted by molar-refractivity contribution is -0.137. The monoisotopic (exact) mass is 408 g/mol. The van der Waals surface area contributed by atoms with Gasteiger partial charge >= 0.3 is 6.18 Å². The first kappa shape index (κ1) is 19.7. The first-order chi connectivity index (χ1) is 13.4. The van der Waals surface area contributed by atoms with Gasteiger partial charge in [-0.2, -0.15) is 13.2 Å². The highest BCUT2D eigenvalue weighted by molar-refractivity contribution is 7.07. The van der Waals surface area contributed by atoms with E-state index in [1.165, 1.54) is 42.7 Å². The summed E-state index contributed by atoms with van der Waals surface area (Å²) in [5, 5.41) is 4.41. The summed E-state index contributed by atoms with van der Waals surface area (Å²) in [5.74, 6) is 0.320.